The lowest BCUT2D eigenvalue weighted by Gasteiger charge is -2.39. The van der Waals surface area contributed by atoms with Gasteiger partial charge < -0.3 is 14.3 Å². The number of carbonyl (C=O) groups is 1. The maximum absolute atomic E-state index is 14.6. The van der Waals surface area contributed by atoms with Crippen LogP contribution in [0.25, 0.3) is 0 Å². The SMILES string of the molecule is Cc1nc2c(s1)C(=O)N(c1cc(Cl)cc(CN3CCN(c4noc(C(C)(C)C)n4)C(C)C3)c1C(F)(F)F)CC2. The number of benzene rings is 1. The van der Waals surface area contributed by atoms with Gasteiger partial charge in [-0.3, -0.25) is 9.69 Å². The summed E-state index contributed by atoms with van der Waals surface area (Å²) in [5, 5.41) is 4.99. The van der Waals surface area contributed by atoms with E-state index < -0.39 is 17.6 Å². The molecule has 210 valence electrons. The van der Waals surface area contributed by atoms with Crippen LogP contribution in [0.3, 0.4) is 0 Å². The van der Waals surface area contributed by atoms with Crippen molar-refractivity contribution in [1.29, 1.82) is 0 Å². The number of anilines is 2. The molecule has 2 aromatic heterocycles. The molecule has 0 saturated carbocycles. The lowest BCUT2D eigenvalue weighted by Crippen LogP contribution is -2.52. The minimum atomic E-state index is -4.68. The van der Waals surface area contributed by atoms with Gasteiger partial charge in [0.25, 0.3) is 11.9 Å². The minimum absolute atomic E-state index is 0.0347. The summed E-state index contributed by atoms with van der Waals surface area (Å²) in [5.41, 5.74) is -0.644. The highest BCUT2D eigenvalue weighted by Crippen LogP contribution is 2.43. The Bertz CT molecular complexity index is 1400. The average molecular weight is 583 g/mol. The van der Waals surface area contributed by atoms with Gasteiger partial charge in [0.2, 0.25) is 5.89 Å². The summed E-state index contributed by atoms with van der Waals surface area (Å²) in [6, 6.07) is 2.54. The maximum atomic E-state index is 14.6. The second kappa shape index (κ2) is 10.0. The van der Waals surface area contributed by atoms with E-state index in [0.717, 1.165) is 0 Å². The normalized spacial score (nSPS) is 19.1. The summed E-state index contributed by atoms with van der Waals surface area (Å²) in [6.45, 7) is 11.4. The number of piperazine rings is 1. The van der Waals surface area contributed by atoms with Crippen molar-refractivity contribution in [2.24, 2.45) is 0 Å². The Labute approximate surface area is 233 Å². The minimum Gasteiger partial charge on any atom is -0.337 e. The predicted molar refractivity (Wildman–Crippen MR) is 144 cm³/mol. The molecule has 0 aliphatic carbocycles. The average Bonchev–Trinajstić information content (AvgIpc) is 3.45. The molecule has 2 aliphatic rings. The summed E-state index contributed by atoms with van der Waals surface area (Å²) in [4.78, 5) is 27.7. The Morgan fingerprint density at radius 3 is 2.54 bits per heavy atom. The molecule has 0 bridgehead atoms. The summed E-state index contributed by atoms with van der Waals surface area (Å²) >= 11 is 7.57. The van der Waals surface area contributed by atoms with Crippen molar-refractivity contribution in [3.05, 3.63) is 49.8 Å². The van der Waals surface area contributed by atoms with Crippen LogP contribution in [-0.2, 0) is 24.6 Å². The van der Waals surface area contributed by atoms with Gasteiger partial charge >= 0.3 is 6.18 Å². The smallest absolute Gasteiger partial charge is 0.337 e. The van der Waals surface area contributed by atoms with Crippen LogP contribution in [0.1, 0.15) is 65.1 Å². The first-order valence-corrected chi connectivity index (χ1v) is 13.9. The molecule has 0 N–H and O–H groups in total. The molecule has 1 aromatic carbocycles. The van der Waals surface area contributed by atoms with Crippen molar-refractivity contribution in [2.45, 2.75) is 65.2 Å². The van der Waals surface area contributed by atoms with Crippen LogP contribution < -0.4 is 9.80 Å². The van der Waals surface area contributed by atoms with E-state index in [2.05, 4.69) is 15.1 Å². The highest BCUT2D eigenvalue weighted by molar-refractivity contribution is 7.13. The van der Waals surface area contributed by atoms with Crippen LogP contribution in [-0.4, -0.2) is 58.2 Å². The number of aryl methyl sites for hydroxylation is 1. The van der Waals surface area contributed by atoms with Crippen LogP contribution in [0, 0.1) is 6.92 Å². The monoisotopic (exact) mass is 582 g/mol. The number of rotatable bonds is 4. The van der Waals surface area contributed by atoms with E-state index in [0.29, 0.717) is 53.5 Å². The number of halogens is 4. The van der Waals surface area contributed by atoms with Crippen molar-refractivity contribution in [1.82, 2.24) is 20.0 Å². The fourth-order valence-electron chi connectivity index (χ4n) is 5.14. The zero-order valence-corrected chi connectivity index (χ0v) is 24.0. The zero-order chi connectivity index (χ0) is 28.3. The van der Waals surface area contributed by atoms with Crippen LogP contribution in [0.5, 0.6) is 0 Å². The summed E-state index contributed by atoms with van der Waals surface area (Å²) in [7, 11) is 0. The molecular formula is C26H30ClF3N6O2S. The Morgan fingerprint density at radius 2 is 1.90 bits per heavy atom. The first-order chi connectivity index (χ1) is 18.2. The van der Waals surface area contributed by atoms with Gasteiger partial charge in [0.05, 0.1) is 22.0 Å². The molecule has 3 aromatic rings. The topological polar surface area (TPSA) is 78.6 Å². The Morgan fingerprint density at radius 1 is 1.15 bits per heavy atom. The van der Waals surface area contributed by atoms with E-state index in [-0.39, 0.29) is 40.8 Å². The van der Waals surface area contributed by atoms with Crippen molar-refractivity contribution >= 4 is 40.5 Å². The standard InChI is InChI=1S/C26H30ClF3N6O2S/c1-14-12-34(8-9-35(14)24-32-23(38-33-24)25(3,4)5)13-16-10-17(27)11-19(20(16)26(28,29)30)36-7-6-18-21(22(36)37)39-15(2)31-18/h10-11,14H,6-9,12-13H2,1-5H3. The third-order valence-corrected chi connectivity index (χ3v) is 8.19. The first kappa shape index (κ1) is 27.9. The summed E-state index contributed by atoms with van der Waals surface area (Å²) in [6.07, 6.45) is -4.29. The number of nitrogens with zero attached hydrogens (tertiary/aromatic N) is 6. The number of amides is 1. The second-order valence-corrected chi connectivity index (χ2v) is 12.7. The molecule has 0 spiro atoms. The third-order valence-electron chi connectivity index (χ3n) is 6.97. The fraction of sp³-hybridized carbons (Fsp3) is 0.538. The largest absolute Gasteiger partial charge is 0.418 e. The molecule has 1 atom stereocenters. The number of fused-ring (bicyclic) bond motifs is 1. The quantitative estimate of drug-likeness (QED) is 0.389. The summed E-state index contributed by atoms with van der Waals surface area (Å²) < 4.78 is 49.2. The highest BCUT2D eigenvalue weighted by Gasteiger charge is 2.41. The number of thiazole rings is 1. The van der Waals surface area contributed by atoms with E-state index >= 15 is 0 Å². The number of hydrogen-bond donors (Lipinski definition) is 0. The maximum Gasteiger partial charge on any atom is 0.418 e. The van der Waals surface area contributed by atoms with Crippen molar-refractivity contribution < 1.29 is 22.5 Å². The van der Waals surface area contributed by atoms with Crippen LogP contribution >= 0.6 is 22.9 Å². The van der Waals surface area contributed by atoms with Crippen LogP contribution in [0.4, 0.5) is 24.8 Å². The molecule has 1 saturated heterocycles. The Balaban J connectivity index is 1.41. The van der Waals surface area contributed by atoms with Crippen molar-refractivity contribution in [3.63, 3.8) is 0 Å². The van der Waals surface area contributed by atoms with Gasteiger partial charge in [-0.1, -0.05) is 32.4 Å². The van der Waals surface area contributed by atoms with E-state index in [9.17, 15) is 18.0 Å². The van der Waals surface area contributed by atoms with Gasteiger partial charge in [0.1, 0.15) is 4.88 Å². The predicted octanol–water partition coefficient (Wildman–Crippen LogP) is 5.72. The number of carbonyl (C=O) groups excluding carboxylic acids is 1. The molecule has 5 rings (SSSR count). The zero-order valence-electron chi connectivity index (χ0n) is 22.4. The van der Waals surface area contributed by atoms with Gasteiger partial charge in [0.15, 0.2) is 0 Å². The molecule has 1 fully saturated rings. The molecule has 4 heterocycles. The second-order valence-electron chi connectivity index (χ2n) is 11.1. The summed E-state index contributed by atoms with van der Waals surface area (Å²) in [5.74, 6) is 0.535. The highest BCUT2D eigenvalue weighted by atomic mass is 35.5. The van der Waals surface area contributed by atoms with Crippen LogP contribution in [0.15, 0.2) is 16.7 Å². The van der Waals surface area contributed by atoms with Gasteiger partial charge in [0, 0.05) is 55.6 Å². The van der Waals surface area contributed by atoms with Gasteiger partial charge in [-0.05, 0) is 36.7 Å². The lowest BCUT2D eigenvalue weighted by molar-refractivity contribution is -0.137. The molecular weight excluding hydrogens is 553 g/mol. The lowest BCUT2D eigenvalue weighted by atomic mass is 9.97. The molecule has 0 radical (unpaired) electrons. The molecule has 1 amide bonds. The molecule has 2 aliphatic heterocycles. The van der Waals surface area contributed by atoms with Crippen molar-refractivity contribution in [2.75, 3.05) is 36.0 Å². The van der Waals surface area contributed by atoms with Gasteiger partial charge in [-0.2, -0.15) is 18.2 Å². The van der Waals surface area contributed by atoms with Gasteiger partial charge in [-0.25, -0.2) is 4.98 Å². The van der Waals surface area contributed by atoms with Crippen LogP contribution in [0.2, 0.25) is 5.02 Å². The molecule has 1 unspecified atom stereocenters. The molecule has 39 heavy (non-hydrogen) atoms. The molecule has 13 heteroatoms. The van der Waals surface area contributed by atoms with E-state index in [1.54, 1.807) is 6.92 Å². The third kappa shape index (κ3) is 5.51. The number of alkyl halides is 3. The number of aromatic nitrogens is 3. The Kier molecular flexibility index (Phi) is 7.17. The Hall–Kier alpha value is -2.70. The van der Waals surface area contributed by atoms with E-state index in [4.69, 9.17) is 16.1 Å². The molecule has 8 nitrogen and oxygen atoms in total. The van der Waals surface area contributed by atoms with E-state index in [1.165, 1.54) is 28.4 Å². The van der Waals surface area contributed by atoms with E-state index in [1.807, 2.05) is 37.5 Å². The van der Waals surface area contributed by atoms with Crippen molar-refractivity contribution in [3.8, 4) is 0 Å². The fourth-order valence-corrected chi connectivity index (χ4v) is 6.29. The number of hydrogen-bond acceptors (Lipinski definition) is 8. The first-order valence-electron chi connectivity index (χ1n) is 12.7. The van der Waals surface area contributed by atoms with Gasteiger partial charge in [-0.15, -0.1) is 11.3 Å².